The van der Waals surface area contributed by atoms with E-state index in [-0.39, 0.29) is 6.04 Å². The Kier molecular flexibility index (Phi) is 6.24. The molecule has 0 amide bonds. The maximum atomic E-state index is 11.6. The molecule has 29 heavy (non-hydrogen) atoms. The third-order valence-electron chi connectivity index (χ3n) is 5.21. The van der Waals surface area contributed by atoms with Crippen LogP contribution in [0, 0.1) is 12.8 Å². The molecule has 0 aliphatic rings. The Hall–Kier alpha value is -2.44. The summed E-state index contributed by atoms with van der Waals surface area (Å²) in [6, 6.07) is 14.9. The van der Waals surface area contributed by atoms with Gasteiger partial charge in [-0.2, -0.15) is 0 Å². The summed E-state index contributed by atoms with van der Waals surface area (Å²) in [6.45, 7) is 6.19. The van der Waals surface area contributed by atoms with Crippen molar-refractivity contribution in [1.82, 2.24) is 4.98 Å². The largest absolute Gasteiger partial charge is 0.441 e. The van der Waals surface area contributed by atoms with Crippen molar-refractivity contribution < 1.29 is 12.8 Å². The second-order valence-corrected chi connectivity index (χ2v) is 9.86. The Balaban J connectivity index is 1.76. The third-order valence-corrected chi connectivity index (χ3v) is 6.34. The van der Waals surface area contributed by atoms with Gasteiger partial charge in [-0.05, 0) is 61.1 Å². The minimum Gasteiger partial charge on any atom is -0.441 e. The van der Waals surface area contributed by atoms with Gasteiger partial charge in [-0.25, -0.2) is 13.4 Å². The molecular formula is C23H28N2O3S. The first-order valence-electron chi connectivity index (χ1n) is 9.78. The zero-order valence-corrected chi connectivity index (χ0v) is 18.2. The van der Waals surface area contributed by atoms with Crippen LogP contribution < -0.4 is 5.73 Å². The van der Waals surface area contributed by atoms with Gasteiger partial charge in [-0.1, -0.05) is 38.1 Å². The lowest BCUT2D eigenvalue weighted by atomic mass is 9.99. The van der Waals surface area contributed by atoms with Crippen molar-refractivity contribution in [1.29, 1.82) is 0 Å². The zero-order valence-electron chi connectivity index (χ0n) is 17.3. The normalized spacial score (nSPS) is 13.0. The van der Waals surface area contributed by atoms with Crippen LogP contribution in [-0.2, 0) is 16.3 Å². The summed E-state index contributed by atoms with van der Waals surface area (Å²) in [5.74, 6) is 1.88. The highest BCUT2D eigenvalue weighted by Crippen LogP contribution is 2.27. The van der Waals surface area contributed by atoms with Crippen LogP contribution in [0.1, 0.15) is 31.7 Å². The monoisotopic (exact) mass is 412 g/mol. The second-order valence-electron chi connectivity index (χ2n) is 7.84. The van der Waals surface area contributed by atoms with E-state index >= 15 is 0 Å². The van der Waals surface area contributed by atoms with Gasteiger partial charge in [0.25, 0.3) is 0 Å². The highest BCUT2D eigenvalue weighted by atomic mass is 32.2. The number of hydrogen-bond donors (Lipinski definition) is 1. The van der Waals surface area contributed by atoms with E-state index in [0.717, 1.165) is 41.0 Å². The fourth-order valence-electron chi connectivity index (χ4n) is 3.12. The first-order chi connectivity index (χ1) is 13.6. The predicted molar refractivity (Wildman–Crippen MR) is 116 cm³/mol. The molecule has 0 bridgehead atoms. The van der Waals surface area contributed by atoms with Gasteiger partial charge in [0.15, 0.2) is 9.84 Å². The quantitative estimate of drug-likeness (QED) is 0.611. The second kappa shape index (κ2) is 8.51. The minimum absolute atomic E-state index is 0.155. The third kappa shape index (κ3) is 5.14. The van der Waals surface area contributed by atoms with Crippen LogP contribution in [0.4, 0.5) is 0 Å². The molecule has 1 unspecified atom stereocenters. The molecule has 3 rings (SSSR count). The Morgan fingerprint density at radius 1 is 0.966 bits per heavy atom. The highest BCUT2D eigenvalue weighted by molar-refractivity contribution is 7.90. The molecule has 0 saturated heterocycles. The van der Waals surface area contributed by atoms with E-state index in [2.05, 4.69) is 18.8 Å². The molecule has 1 atom stereocenters. The zero-order chi connectivity index (χ0) is 21.2. The van der Waals surface area contributed by atoms with E-state index in [1.54, 1.807) is 12.1 Å². The lowest BCUT2D eigenvalue weighted by Crippen LogP contribution is -2.26. The number of rotatable bonds is 7. The van der Waals surface area contributed by atoms with Crippen LogP contribution in [0.5, 0.6) is 0 Å². The molecule has 0 fully saturated rings. The molecule has 0 aliphatic heterocycles. The summed E-state index contributed by atoms with van der Waals surface area (Å²) in [5, 5.41) is 0. The Morgan fingerprint density at radius 2 is 1.48 bits per heavy atom. The van der Waals surface area contributed by atoms with Gasteiger partial charge < -0.3 is 10.2 Å². The molecule has 0 saturated carbocycles. The standard InChI is InChI=1S/C23H28N2O3S/c1-15(2)21(24)13-14-22-16(3)28-23(25-22)19-7-5-17(6-8-19)18-9-11-20(12-10-18)29(4,26)27/h5-12,15,21H,13-14,24H2,1-4H3. The number of hydrogen-bond acceptors (Lipinski definition) is 5. The van der Waals surface area contributed by atoms with Crippen molar-refractivity contribution in [3.05, 3.63) is 60.0 Å². The van der Waals surface area contributed by atoms with Crippen molar-refractivity contribution >= 4 is 9.84 Å². The maximum absolute atomic E-state index is 11.6. The van der Waals surface area contributed by atoms with E-state index in [1.165, 1.54) is 6.26 Å². The topological polar surface area (TPSA) is 86.2 Å². The summed E-state index contributed by atoms with van der Waals surface area (Å²) in [7, 11) is -3.19. The van der Waals surface area contributed by atoms with Crippen LogP contribution in [0.3, 0.4) is 0 Å². The number of oxazole rings is 1. The molecule has 1 aromatic heterocycles. The summed E-state index contributed by atoms with van der Waals surface area (Å²) >= 11 is 0. The number of nitrogens with two attached hydrogens (primary N) is 1. The Morgan fingerprint density at radius 3 is 2.00 bits per heavy atom. The summed E-state index contributed by atoms with van der Waals surface area (Å²) in [4.78, 5) is 4.98. The van der Waals surface area contributed by atoms with Gasteiger partial charge >= 0.3 is 0 Å². The first kappa shape index (κ1) is 21.3. The van der Waals surface area contributed by atoms with Crippen molar-refractivity contribution in [3.63, 3.8) is 0 Å². The SMILES string of the molecule is Cc1oc(-c2ccc(-c3ccc(S(C)(=O)=O)cc3)cc2)nc1CCC(N)C(C)C. The highest BCUT2D eigenvalue weighted by Gasteiger charge is 2.14. The molecular weight excluding hydrogens is 384 g/mol. The maximum Gasteiger partial charge on any atom is 0.226 e. The smallest absolute Gasteiger partial charge is 0.226 e. The number of aryl methyl sites for hydroxylation is 2. The van der Waals surface area contributed by atoms with Crippen molar-refractivity contribution in [2.45, 2.75) is 44.6 Å². The van der Waals surface area contributed by atoms with Crippen LogP contribution in [0.2, 0.25) is 0 Å². The van der Waals surface area contributed by atoms with E-state index in [4.69, 9.17) is 10.2 Å². The van der Waals surface area contributed by atoms with E-state index in [1.807, 2.05) is 43.3 Å². The molecule has 3 aromatic rings. The van der Waals surface area contributed by atoms with Gasteiger partial charge in [-0.15, -0.1) is 0 Å². The average Bonchev–Trinajstić information content (AvgIpc) is 3.06. The van der Waals surface area contributed by atoms with Crippen molar-refractivity contribution in [2.75, 3.05) is 6.26 Å². The van der Waals surface area contributed by atoms with Crippen molar-refractivity contribution in [3.8, 4) is 22.6 Å². The minimum atomic E-state index is -3.19. The number of nitrogens with zero attached hydrogens (tertiary/aromatic N) is 1. The molecule has 1 heterocycles. The molecule has 2 N–H and O–H groups in total. The van der Waals surface area contributed by atoms with Gasteiger partial charge in [0.2, 0.25) is 5.89 Å². The Labute approximate surface area is 172 Å². The summed E-state index contributed by atoms with van der Waals surface area (Å²) in [6.07, 6.45) is 2.90. The molecule has 6 heteroatoms. The van der Waals surface area contributed by atoms with Crippen LogP contribution in [0.25, 0.3) is 22.6 Å². The molecule has 154 valence electrons. The fourth-order valence-corrected chi connectivity index (χ4v) is 3.75. The van der Waals surface area contributed by atoms with Gasteiger partial charge in [0, 0.05) is 17.9 Å². The molecule has 2 aromatic carbocycles. The molecule has 0 radical (unpaired) electrons. The average molecular weight is 413 g/mol. The molecule has 0 aliphatic carbocycles. The molecule has 5 nitrogen and oxygen atoms in total. The van der Waals surface area contributed by atoms with E-state index in [9.17, 15) is 8.42 Å². The van der Waals surface area contributed by atoms with Crippen LogP contribution in [0.15, 0.2) is 57.8 Å². The predicted octanol–water partition coefficient (Wildman–Crippen LogP) is 4.64. The Bertz CT molecular complexity index is 1070. The number of sulfone groups is 1. The number of benzene rings is 2. The van der Waals surface area contributed by atoms with Gasteiger partial charge in [0.1, 0.15) is 5.76 Å². The van der Waals surface area contributed by atoms with Crippen LogP contribution >= 0.6 is 0 Å². The number of aromatic nitrogens is 1. The van der Waals surface area contributed by atoms with E-state index in [0.29, 0.717) is 16.7 Å². The lowest BCUT2D eigenvalue weighted by Gasteiger charge is -2.14. The lowest BCUT2D eigenvalue weighted by molar-refractivity contribution is 0.461. The van der Waals surface area contributed by atoms with Gasteiger partial charge in [0.05, 0.1) is 10.6 Å². The fraction of sp³-hybridized carbons (Fsp3) is 0.348. The first-order valence-corrected chi connectivity index (χ1v) is 11.7. The van der Waals surface area contributed by atoms with Crippen LogP contribution in [-0.4, -0.2) is 25.7 Å². The summed E-state index contributed by atoms with van der Waals surface area (Å²) in [5.41, 5.74) is 9.96. The summed E-state index contributed by atoms with van der Waals surface area (Å²) < 4.78 is 29.1. The molecule has 0 spiro atoms. The van der Waals surface area contributed by atoms with Gasteiger partial charge in [-0.3, -0.25) is 0 Å². The van der Waals surface area contributed by atoms with Crippen molar-refractivity contribution in [2.24, 2.45) is 11.7 Å². The van der Waals surface area contributed by atoms with E-state index < -0.39 is 9.84 Å².